The third-order valence-corrected chi connectivity index (χ3v) is 5.02. The van der Waals surface area contributed by atoms with E-state index in [1.165, 1.54) is 11.1 Å². The van der Waals surface area contributed by atoms with Crippen LogP contribution in [0.4, 0.5) is 5.82 Å². The standard InChI is InChI=1S/C18H22N4OS/c1-5-6-7-17(23)20-16-10-13(4)21-22(16)18-19-14-8-11(2)12(3)9-15(14)24-18/h8-10H,5-7H2,1-4H3,(H,20,23). The van der Waals surface area contributed by atoms with Gasteiger partial charge in [-0.2, -0.15) is 9.78 Å². The molecule has 0 saturated heterocycles. The molecule has 2 aromatic heterocycles. The van der Waals surface area contributed by atoms with E-state index in [1.807, 2.05) is 13.0 Å². The lowest BCUT2D eigenvalue weighted by Crippen LogP contribution is -2.14. The number of hydrogen-bond acceptors (Lipinski definition) is 4. The topological polar surface area (TPSA) is 59.8 Å². The summed E-state index contributed by atoms with van der Waals surface area (Å²) in [5, 5.41) is 8.24. The van der Waals surface area contributed by atoms with Crippen LogP contribution in [0.2, 0.25) is 0 Å². The van der Waals surface area contributed by atoms with Crippen molar-refractivity contribution in [3.8, 4) is 5.13 Å². The lowest BCUT2D eigenvalue weighted by Gasteiger charge is -2.05. The van der Waals surface area contributed by atoms with Crippen molar-refractivity contribution in [1.82, 2.24) is 14.8 Å². The molecule has 126 valence electrons. The molecule has 0 unspecified atom stereocenters. The predicted molar refractivity (Wildman–Crippen MR) is 99.1 cm³/mol. The number of aryl methyl sites for hydroxylation is 3. The Balaban J connectivity index is 1.96. The molecule has 0 atom stereocenters. The number of nitrogens with one attached hydrogen (secondary N) is 1. The van der Waals surface area contributed by atoms with Gasteiger partial charge >= 0.3 is 0 Å². The number of rotatable bonds is 5. The van der Waals surface area contributed by atoms with Crippen LogP contribution < -0.4 is 5.32 Å². The number of amides is 1. The van der Waals surface area contributed by atoms with Crippen LogP contribution in [0.15, 0.2) is 18.2 Å². The minimum Gasteiger partial charge on any atom is -0.311 e. The Morgan fingerprint density at radius 2 is 1.96 bits per heavy atom. The van der Waals surface area contributed by atoms with Gasteiger partial charge in [0, 0.05) is 12.5 Å². The van der Waals surface area contributed by atoms with Gasteiger partial charge in [-0.25, -0.2) is 4.98 Å². The molecule has 0 aliphatic rings. The molecule has 1 N–H and O–H groups in total. The molecule has 3 rings (SSSR count). The molecule has 0 spiro atoms. The maximum absolute atomic E-state index is 12.1. The minimum absolute atomic E-state index is 0.0193. The lowest BCUT2D eigenvalue weighted by atomic mass is 10.1. The zero-order valence-electron chi connectivity index (χ0n) is 14.5. The van der Waals surface area contributed by atoms with E-state index >= 15 is 0 Å². The van der Waals surface area contributed by atoms with Gasteiger partial charge < -0.3 is 5.32 Å². The molecule has 0 fully saturated rings. The maximum Gasteiger partial charge on any atom is 0.225 e. The first-order chi connectivity index (χ1) is 11.5. The molecule has 5 nitrogen and oxygen atoms in total. The minimum atomic E-state index is 0.0193. The van der Waals surface area contributed by atoms with Crippen molar-refractivity contribution < 1.29 is 4.79 Å². The number of unbranched alkanes of at least 4 members (excludes halogenated alkanes) is 1. The predicted octanol–water partition coefficient (Wildman–Crippen LogP) is 4.54. The fourth-order valence-electron chi connectivity index (χ4n) is 2.54. The number of thiazole rings is 1. The van der Waals surface area contributed by atoms with E-state index < -0.39 is 0 Å². The molecule has 3 aromatic rings. The first-order valence-electron chi connectivity index (χ1n) is 8.22. The first kappa shape index (κ1) is 16.6. The Hall–Kier alpha value is -2.21. The van der Waals surface area contributed by atoms with Gasteiger partial charge in [0.05, 0.1) is 15.9 Å². The summed E-state index contributed by atoms with van der Waals surface area (Å²) in [5.74, 6) is 0.701. The summed E-state index contributed by atoms with van der Waals surface area (Å²) >= 11 is 1.58. The summed E-state index contributed by atoms with van der Waals surface area (Å²) in [7, 11) is 0. The fourth-order valence-corrected chi connectivity index (χ4v) is 3.55. The number of nitrogens with zero attached hydrogens (tertiary/aromatic N) is 3. The third kappa shape index (κ3) is 3.33. The first-order valence-corrected chi connectivity index (χ1v) is 9.04. The molecular weight excluding hydrogens is 320 g/mol. The van der Waals surface area contributed by atoms with E-state index in [-0.39, 0.29) is 5.91 Å². The highest BCUT2D eigenvalue weighted by Gasteiger charge is 2.14. The van der Waals surface area contributed by atoms with Gasteiger partial charge in [0.2, 0.25) is 11.0 Å². The molecule has 0 aliphatic carbocycles. The van der Waals surface area contributed by atoms with Crippen LogP contribution in [-0.2, 0) is 4.79 Å². The largest absolute Gasteiger partial charge is 0.311 e. The second-order valence-corrected chi connectivity index (χ2v) is 7.14. The summed E-state index contributed by atoms with van der Waals surface area (Å²) in [6, 6.07) is 6.13. The molecule has 0 aliphatic heterocycles. The number of benzene rings is 1. The van der Waals surface area contributed by atoms with Crippen molar-refractivity contribution in [1.29, 1.82) is 0 Å². The van der Waals surface area contributed by atoms with E-state index in [0.717, 1.165) is 33.9 Å². The van der Waals surface area contributed by atoms with Crippen LogP contribution in [0.3, 0.4) is 0 Å². The van der Waals surface area contributed by atoms with Crippen molar-refractivity contribution in [2.45, 2.75) is 47.0 Å². The van der Waals surface area contributed by atoms with Gasteiger partial charge in [0.1, 0.15) is 5.82 Å². The average Bonchev–Trinajstić information content (AvgIpc) is 3.08. The molecule has 2 heterocycles. The second kappa shape index (κ2) is 6.73. The summed E-state index contributed by atoms with van der Waals surface area (Å²) in [5.41, 5.74) is 4.30. The smallest absolute Gasteiger partial charge is 0.225 e. The Morgan fingerprint density at radius 1 is 1.21 bits per heavy atom. The number of carbonyl (C=O) groups excluding carboxylic acids is 1. The van der Waals surface area contributed by atoms with Crippen molar-refractivity contribution in [3.05, 3.63) is 35.0 Å². The molecule has 1 aromatic carbocycles. The van der Waals surface area contributed by atoms with Crippen LogP contribution in [-0.4, -0.2) is 20.7 Å². The average molecular weight is 342 g/mol. The molecular formula is C18H22N4OS. The highest BCUT2D eigenvalue weighted by Crippen LogP contribution is 2.29. The summed E-state index contributed by atoms with van der Waals surface area (Å²) in [6.07, 6.45) is 2.42. The van der Waals surface area contributed by atoms with Crippen molar-refractivity contribution in [2.75, 3.05) is 5.32 Å². The summed E-state index contributed by atoms with van der Waals surface area (Å²) in [6.45, 7) is 8.18. The Morgan fingerprint density at radius 3 is 2.71 bits per heavy atom. The van der Waals surface area contributed by atoms with Gasteiger partial charge in [-0.3, -0.25) is 4.79 Å². The SMILES string of the molecule is CCCCC(=O)Nc1cc(C)nn1-c1nc2cc(C)c(C)cc2s1. The van der Waals surface area contributed by atoms with Gasteiger partial charge in [0.15, 0.2) is 0 Å². The molecule has 0 saturated carbocycles. The van der Waals surface area contributed by atoms with Crippen molar-refractivity contribution in [2.24, 2.45) is 0 Å². The Labute approximate surface area is 145 Å². The zero-order valence-corrected chi connectivity index (χ0v) is 15.3. The number of anilines is 1. The van der Waals surface area contributed by atoms with E-state index in [0.29, 0.717) is 12.2 Å². The monoisotopic (exact) mass is 342 g/mol. The van der Waals surface area contributed by atoms with E-state index in [9.17, 15) is 4.79 Å². The fraction of sp³-hybridized carbons (Fsp3) is 0.389. The highest BCUT2D eigenvalue weighted by atomic mass is 32.1. The van der Waals surface area contributed by atoms with Gasteiger partial charge in [-0.05, 0) is 50.5 Å². The number of carbonyl (C=O) groups is 1. The molecule has 1 amide bonds. The number of fused-ring (bicyclic) bond motifs is 1. The van der Waals surface area contributed by atoms with Crippen LogP contribution in [0, 0.1) is 20.8 Å². The molecule has 24 heavy (non-hydrogen) atoms. The van der Waals surface area contributed by atoms with Gasteiger partial charge in [-0.1, -0.05) is 24.7 Å². The van der Waals surface area contributed by atoms with Gasteiger partial charge in [0.25, 0.3) is 0 Å². The summed E-state index contributed by atoms with van der Waals surface area (Å²) < 4.78 is 2.86. The van der Waals surface area contributed by atoms with Crippen molar-refractivity contribution >= 4 is 33.3 Å². The Bertz CT molecular complexity index is 855. The quantitative estimate of drug-likeness (QED) is 0.741. The normalized spacial score (nSPS) is 11.2. The van der Waals surface area contributed by atoms with Crippen LogP contribution >= 0.6 is 11.3 Å². The van der Waals surface area contributed by atoms with Crippen LogP contribution in [0.1, 0.15) is 43.0 Å². The molecule has 0 radical (unpaired) electrons. The second-order valence-electron chi connectivity index (χ2n) is 6.14. The highest BCUT2D eigenvalue weighted by molar-refractivity contribution is 7.20. The zero-order chi connectivity index (χ0) is 17.3. The van der Waals surface area contributed by atoms with Crippen LogP contribution in [0.25, 0.3) is 15.3 Å². The van der Waals surface area contributed by atoms with E-state index in [4.69, 9.17) is 4.98 Å². The van der Waals surface area contributed by atoms with E-state index in [1.54, 1.807) is 16.0 Å². The third-order valence-electron chi connectivity index (χ3n) is 4.03. The maximum atomic E-state index is 12.1. The molecule has 0 bridgehead atoms. The van der Waals surface area contributed by atoms with Crippen molar-refractivity contribution in [3.63, 3.8) is 0 Å². The summed E-state index contributed by atoms with van der Waals surface area (Å²) in [4.78, 5) is 16.8. The van der Waals surface area contributed by atoms with Gasteiger partial charge in [-0.15, -0.1) is 0 Å². The number of aromatic nitrogens is 3. The van der Waals surface area contributed by atoms with E-state index in [2.05, 4.69) is 43.3 Å². The number of hydrogen-bond donors (Lipinski definition) is 1. The van der Waals surface area contributed by atoms with Crippen LogP contribution in [0.5, 0.6) is 0 Å². The lowest BCUT2D eigenvalue weighted by molar-refractivity contribution is -0.116. The molecule has 6 heteroatoms. The Kier molecular flexibility index (Phi) is 4.66.